The molecule has 1 aliphatic rings. The van der Waals surface area contributed by atoms with Crippen LogP contribution >= 0.6 is 12.2 Å². The normalized spacial score (nSPS) is 15.8. The van der Waals surface area contributed by atoms with Gasteiger partial charge in [-0.25, -0.2) is 9.97 Å². The lowest BCUT2D eigenvalue weighted by Crippen LogP contribution is -2.30. The fourth-order valence-corrected chi connectivity index (χ4v) is 2.26. The first kappa shape index (κ1) is 10.6. The second-order valence-corrected chi connectivity index (χ2v) is 4.51. The lowest BCUT2D eigenvalue weighted by molar-refractivity contribution is 0.223. The molecular weight excluding hydrogens is 236 g/mol. The van der Waals surface area contributed by atoms with E-state index in [0.29, 0.717) is 4.77 Å². The molecule has 2 aromatic heterocycles. The van der Waals surface area contributed by atoms with Gasteiger partial charge < -0.3 is 9.40 Å². The Morgan fingerprint density at radius 3 is 3.24 bits per heavy atom. The van der Waals surface area contributed by atoms with Crippen molar-refractivity contribution in [1.29, 1.82) is 0 Å². The van der Waals surface area contributed by atoms with Crippen molar-refractivity contribution in [3.05, 3.63) is 40.6 Å². The van der Waals surface area contributed by atoms with Gasteiger partial charge in [0, 0.05) is 37.0 Å². The third-order valence-corrected chi connectivity index (χ3v) is 3.13. The third kappa shape index (κ3) is 2.27. The molecule has 0 saturated carbocycles. The molecule has 0 atom stereocenters. The summed E-state index contributed by atoms with van der Waals surface area (Å²) in [6.07, 6.45) is 6.05. The van der Waals surface area contributed by atoms with E-state index in [-0.39, 0.29) is 0 Å². The molecule has 1 aliphatic heterocycles. The van der Waals surface area contributed by atoms with E-state index in [1.54, 1.807) is 6.20 Å². The summed E-state index contributed by atoms with van der Waals surface area (Å²) in [6, 6.07) is 0. The standard InChI is InChI=1S/C11H12N4OS/c17-11-13-3-8-5-15(2-1-10(8)14-11)6-9-4-12-7-16-9/h3-4,7H,1-2,5-6H2,(H,13,14,17). The van der Waals surface area contributed by atoms with Crippen molar-refractivity contribution in [2.24, 2.45) is 0 Å². The highest BCUT2D eigenvalue weighted by Gasteiger charge is 2.17. The number of fused-ring (bicyclic) bond motifs is 1. The number of nitrogens with one attached hydrogen (secondary N) is 1. The molecule has 3 heterocycles. The summed E-state index contributed by atoms with van der Waals surface area (Å²) in [5.41, 5.74) is 2.42. The van der Waals surface area contributed by atoms with Crippen LogP contribution in [0.3, 0.4) is 0 Å². The second-order valence-electron chi connectivity index (χ2n) is 4.12. The van der Waals surface area contributed by atoms with Gasteiger partial charge in [0.25, 0.3) is 0 Å². The summed E-state index contributed by atoms with van der Waals surface area (Å²) in [5.74, 6) is 0.894. The number of nitrogens with zero attached hydrogens (tertiary/aromatic N) is 3. The first-order valence-corrected chi connectivity index (χ1v) is 5.89. The van der Waals surface area contributed by atoms with Crippen LogP contribution in [0.15, 0.2) is 23.2 Å². The zero-order valence-corrected chi connectivity index (χ0v) is 10.0. The fourth-order valence-electron chi connectivity index (χ4n) is 2.08. The lowest BCUT2D eigenvalue weighted by Gasteiger charge is -2.27. The van der Waals surface area contributed by atoms with Gasteiger partial charge in [0.1, 0.15) is 5.76 Å². The van der Waals surface area contributed by atoms with Gasteiger partial charge in [-0.2, -0.15) is 0 Å². The summed E-state index contributed by atoms with van der Waals surface area (Å²) >= 11 is 5.02. The highest BCUT2D eigenvalue weighted by Crippen LogP contribution is 2.17. The van der Waals surface area contributed by atoms with Crippen molar-refractivity contribution >= 4 is 12.2 Å². The second kappa shape index (κ2) is 4.38. The molecule has 3 rings (SSSR count). The van der Waals surface area contributed by atoms with Gasteiger partial charge in [0.15, 0.2) is 11.2 Å². The maximum atomic E-state index is 5.25. The van der Waals surface area contributed by atoms with E-state index < -0.39 is 0 Å². The van der Waals surface area contributed by atoms with Gasteiger partial charge in [-0.05, 0) is 12.2 Å². The minimum atomic E-state index is 0.562. The number of oxazole rings is 1. The molecule has 17 heavy (non-hydrogen) atoms. The first-order chi connectivity index (χ1) is 8.31. The van der Waals surface area contributed by atoms with Crippen molar-refractivity contribution in [2.75, 3.05) is 6.54 Å². The maximum absolute atomic E-state index is 5.25. The Labute approximate surface area is 104 Å². The van der Waals surface area contributed by atoms with E-state index >= 15 is 0 Å². The molecule has 88 valence electrons. The molecule has 5 nitrogen and oxygen atoms in total. The van der Waals surface area contributed by atoms with Gasteiger partial charge in [0.2, 0.25) is 0 Å². The SMILES string of the molecule is S=c1ncc2c([nH]1)CCN(Cc1cnco1)C2. The van der Waals surface area contributed by atoms with Crippen LogP contribution in [0.1, 0.15) is 17.0 Å². The Balaban J connectivity index is 1.76. The summed E-state index contributed by atoms with van der Waals surface area (Å²) in [7, 11) is 0. The Kier molecular flexibility index (Phi) is 2.74. The minimum Gasteiger partial charge on any atom is -0.447 e. The van der Waals surface area contributed by atoms with E-state index in [4.69, 9.17) is 16.6 Å². The third-order valence-electron chi connectivity index (χ3n) is 2.92. The molecule has 0 spiro atoms. The van der Waals surface area contributed by atoms with Crippen LogP contribution in [0.2, 0.25) is 0 Å². The van der Waals surface area contributed by atoms with Crippen LogP contribution < -0.4 is 0 Å². The molecule has 0 aromatic carbocycles. The number of rotatable bonds is 2. The summed E-state index contributed by atoms with van der Waals surface area (Å²) in [6.45, 7) is 2.65. The fraction of sp³-hybridized carbons (Fsp3) is 0.364. The van der Waals surface area contributed by atoms with E-state index in [1.165, 1.54) is 17.7 Å². The van der Waals surface area contributed by atoms with E-state index in [9.17, 15) is 0 Å². The first-order valence-electron chi connectivity index (χ1n) is 5.48. The molecule has 2 aromatic rings. The Bertz CT molecular complexity index is 563. The number of hydrogen-bond donors (Lipinski definition) is 1. The van der Waals surface area contributed by atoms with Gasteiger partial charge in [-0.1, -0.05) is 0 Å². The van der Waals surface area contributed by atoms with Crippen LogP contribution in [-0.4, -0.2) is 26.4 Å². The van der Waals surface area contributed by atoms with Gasteiger partial charge >= 0.3 is 0 Å². The molecule has 0 unspecified atom stereocenters. The number of H-pyrrole nitrogens is 1. The summed E-state index contributed by atoms with van der Waals surface area (Å²) in [5, 5.41) is 0. The zero-order chi connectivity index (χ0) is 11.7. The van der Waals surface area contributed by atoms with Crippen molar-refractivity contribution < 1.29 is 4.42 Å². The summed E-state index contributed by atoms with van der Waals surface area (Å²) in [4.78, 5) is 13.5. The molecule has 0 bridgehead atoms. The quantitative estimate of drug-likeness (QED) is 0.819. The average molecular weight is 248 g/mol. The highest BCUT2D eigenvalue weighted by atomic mass is 32.1. The largest absolute Gasteiger partial charge is 0.447 e. The summed E-state index contributed by atoms with van der Waals surface area (Å²) < 4.78 is 5.81. The maximum Gasteiger partial charge on any atom is 0.196 e. The van der Waals surface area contributed by atoms with Crippen LogP contribution in [-0.2, 0) is 19.5 Å². The van der Waals surface area contributed by atoms with Crippen LogP contribution in [0.4, 0.5) is 0 Å². The Hall–Kier alpha value is -1.53. The van der Waals surface area contributed by atoms with E-state index in [1.807, 2.05) is 6.20 Å². The molecular formula is C11H12N4OS. The lowest BCUT2D eigenvalue weighted by atomic mass is 10.1. The van der Waals surface area contributed by atoms with E-state index in [2.05, 4.69) is 19.9 Å². The van der Waals surface area contributed by atoms with Gasteiger partial charge in [-0.15, -0.1) is 0 Å². The van der Waals surface area contributed by atoms with Crippen LogP contribution in [0.25, 0.3) is 0 Å². The van der Waals surface area contributed by atoms with Crippen LogP contribution in [0.5, 0.6) is 0 Å². The molecule has 0 aliphatic carbocycles. The van der Waals surface area contributed by atoms with E-state index in [0.717, 1.165) is 31.8 Å². The number of hydrogen-bond acceptors (Lipinski definition) is 5. The van der Waals surface area contributed by atoms with Crippen LogP contribution in [0, 0.1) is 4.77 Å². The Morgan fingerprint density at radius 2 is 2.41 bits per heavy atom. The molecule has 1 N–H and O–H groups in total. The molecule has 6 heteroatoms. The highest BCUT2D eigenvalue weighted by molar-refractivity contribution is 7.71. The minimum absolute atomic E-state index is 0.562. The monoisotopic (exact) mass is 248 g/mol. The smallest absolute Gasteiger partial charge is 0.196 e. The Morgan fingerprint density at radius 1 is 1.47 bits per heavy atom. The number of aromatic nitrogens is 3. The average Bonchev–Trinajstić information content (AvgIpc) is 2.82. The van der Waals surface area contributed by atoms with Crippen molar-refractivity contribution in [2.45, 2.75) is 19.5 Å². The molecule has 0 saturated heterocycles. The molecule has 0 radical (unpaired) electrons. The van der Waals surface area contributed by atoms with Gasteiger partial charge in [-0.3, -0.25) is 4.90 Å². The van der Waals surface area contributed by atoms with Crippen molar-refractivity contribution in [1.82, 2.24) is 19.9 Å². The van der Waals surface area contributed by atoms with Gasteiger partial charge in [0.05, 0.1) is 12.7 Å². The number of aromatic amines is 1. The molecule has 0 amide bonds. The predicted molar refractivity (Wildman–Crippen MR) is 63.7 cm³/mol. The zero-order valence-electron chi connectivity index (χ0n) is 9.22. The predicted octanol–water partition coefficient (Wildman–Crippen LogP) is 1.69. The molecule has 0 fully saturated rings. The van der Waals surface area contributed by atoms with Crippen molar-refractivity contribution in [3.8, 4) is 0 Å². The van der Waals surface area contributed by atoms with Crippen molar-refractivity contribution in [3.63, 3.8) is 0 Å². The topological polar surface area (TPSA) is 58.0 Å².